The predicted molar refractivity (Wildman–Crippen MR) is 155 cm³/mol. The number of aromatic nitrogens is 4. The highest BCUT2D eigenvalue weighted by Crippen LogP contribution is 2.36. The van der Waals surface area contributed by atoms with Gasteiger partial charge in [-0.2, -0.15) is 4.98 Å². The Labute approximate surface area is 231 Å². The zero-order valence-electron chi connectivity index (χ0n) is 24.5. The summed E-state index contributed by atoms with van der Waals surface area (Å²) in [6.07, 6.45) is 7.86. The van der Waals surface area contributed by atoms with Crippen molar-refractivity contribution < 1.29 is 14.6 Å². The Morgan fingerprint density at radius 1 is 1.05 bits per heavy atom. The third kappa shape index (κ3) is 6.75. The molecule has 0 saturated carbocycles. The lowest BCUT2D eigenvalue weighted by molar-refractivity contribution is -0.0187. The molecular formula is C30H45N5O4. The van der Waals surface area contributed by atoms with Crippen LogP contribution < -0.4 is 20.1 Å². The van der Waals surface area contributed by atoms with Gasteiger partial charge in [0.2, 0.25) is 11.8 Å². The number of hydrogen-bond donors (Lipinski definition) is 1. The SMILES string of the molecule is CCCCOc1ccc(-n2c(=O)n(C)c3cc(N4CCC(O)(CC(C)(C)C)CC4)cnc32)c(OCCCC)n1. The monoisotopic (exact) mass is 539 g/mol. The largest absolute Gasteiger partial charge is 0.478 e. The highest BCUT2D eigenvalue weighted by molar-refractivity contribution is 5.78. The molecule has 3 aromatic rings. The van der Waals surface area contributed by atoms with Crippen LogP contribution in [0.3, 0.4) is 0 Å². The van der Waals surface area contributed by atoms with E-state index in [2.05, 4.69) is 44.5 Å². The van der Waals surface area contributed by atoms with Crippen molar-refractivity contribution >= 4 is 16.9 Å². The van der Waals surface area contributed by atoms with Crippen LogP contribution in [-0.2, 0) is 7.05 Å². The van der Waals surface area contributed by atoms with Crippen LogP contribution in [-0.4, -0.2) is 56.1 Å². The normalized spacial score (nSPS) is 15.6. The summed E-state index contributed by atoms with van der Waals surface area (Å²) < 4.78 is 15.0. The Morgan fingerprint density at radius 3 is 2.36 bits per heavy atom. The van der Waals surface area contributed by atoms with Crippen LogP contribution in [0, 0.1) is 5.41 Å². The number of aryl methyl sites for hydroxylation is 1. The number of pyridine rings is 2. The standard InChI is InChI=1S/C30H45N5O4/c1-7-9-17-38-25-12-11-23(27(32-25)39-18-10-8-2)35-26-24(33(6)28(35)36)19-22(20-31-26)34-15-13-30(37,14-16-34)21-29(3,4)5/h11-12,19-20,37H,7-10,13-18,21H2,1-6H3. The van der Waals surface area contributed by atoms with Gasteiger partial charge in [-0.25, -0.2) is 14.3 Å². The number of fused-ring (bicyclic) bond motifs is 1. The molecule has 39 heavy (non-hydrogen) atoms. The van der Waals surface area contributed by atoms with Gasteiger partial charge in [-0.15, -0.1) is 0 Å². The molecule has 0 aliphatic carbocycles. The molecule has 0 unspecified atom stereocenters. The molecule has 0 amide bonds. The molecular weight excluding hydrogens is 494 g/mol. The van der Waals surface area contributed by atoms with E-state index in [1.165, 1.54) is 0 Å². The lowest BCUT2D eigenvalue weighted by atomic mass is 9.77. The summed E-state index contributed by atoms with van der Waals surface area (Å²) in [5.74, 6) is 0.853. The summed E-state index contributed by atoms with van der Waals surface area (Å²) in [7, 11) is 1.76. The maximum atomic E-state index is 13.5. The Morgan fingerprint density at radius 2 is 1.72 bits per heavy atom. The smallest absolute Gasteiger partial charge is 0.334 e. The second-order valence-electron chi connectivity index (χ2n) is 12.0. The highest BCUT2D eigenvalue weighted by Gasteiger charge is 2.36. The minimum Gasteiger partial charge on any atom is -0.478 e. The van der Waals surface area contributed by atoms with Crippen molar-refractivity contribution in [1.82, 2.24) is 19.1 Å². The molecule has 1 saturated heterocycles. The van der Waals surface area contributed by atoms with Crippen molar-refractivity contribution in [3.63, 3.8) is 0 Å². The van der Waals surface area contributed by atoms with Crippen molar-refractivity contribution in [2.75, 3.05) is 31.2 Å². The Bertz CT molecular complexity index is 1320. The Balaban J connectivity index is 1.64. The first-order valence-corrected chi connectivity index (χ1v) is 14.4. The molecule has 1 aliphatic rings. The van der Waals surface area contributed by atoms with Crippen LogP contribution in [0.5, 0.6) is 11.8 Å². The van der Waals surface area contributed by atoms with Crippen LogP contribution in [0.15, 0.2) is 29.2 Å². The van der Waals surface area contributed by atoms with Crippen LogP contribution in [0.2, 0.25) is 0 Å². The summed E-state index contributed by atoms with van der Waals surface area (Å²) in [4.78, 5) is 25.1. The molecule has 0 aromatic carbocycles. The van der Waals surface area contributed by atoms with Gasteiger partial charge >= 0.3 is 5.69 Å². The summed E-state index contributed by atoms with van der Waals surface area (Å²) in [5, 5.41) is 11.1. The first-order chi connectivity index (χ1) is 18.5. The predicted octanol–water partition coefficient (Wildman–Crippen LogP) is 5.24. The van der Waals surface area contributed by atoms with E-state index < -0.39 is 5.60 Å². The van der Waals surface area contributed by atoms with Gasteiger partial charge in [-0.3, -0.25) is 4.57 Å². The number of hydrogen-bond acceptors (Lipinski definition) is 7. The zero-order valence-corrected chi connectivity index (χ0v) is 24.5. The molecule has 0 atom stereocenters. The molecule has 4 rings (SSSR count). The maximum absolute atomic E-state index is 13.5. The number of piperidine rings is 1. The average Bonchev–Trinajstić information content (AvgIpc) is 3.13. The molecule has 1 N–H and O–H groups in total. The summed E-state index contributed by atoms with van der Waals surface area (Å²) in [6.45, 7) is 13.3. The van der Waals surface area contributed by atoms with Crippen molar-refractivity contribution in [3.8, 4) is 17.4 Å². The number of aliphatic hydroxyl groups is 1. The Kier molecular flexibility index (Phi) is 8.89. The zero-order chi connectivity index (χ0) is 28.2. The number of imidazole rings is 1. The molecule has 9 nitrogen and oxygen atoms in total. The van der Waals surface area contributed by atoms with Gasteiger partial charge in [0, 0.05) is 26.2 Å². The summed E-state index contributed by atoms with van der Waals surface area (Å²) in [5.41, 5.74) is 2.00. The van der Waals surface area contributed by atoms with E-state index in [-0.39, 0.29) is 11.1 Å². The molecule has 1 aliphatic heterocycles. The number of nitrogens with zero attached hydrogens (tertiary/aromatic N) is 5. The molecule has 0 spiro atoms. The average molecular weight is 540 g/mol. The molecule has 3 aromatic heterocycles. The van der Waals surface area contributed by atoms with Gasteiger partial charge < -0.3 is 19.5 Å². The third-order valence-electron chi connectivity index (χ3n) is 7.34. The van der Waals surface area contributed by atoms with Crippen molar-refractivity contribution in [2.45, 2.75) is 85.2 Å². The van der Waals surface area contributed by atoms with E-state index in [1.807, 2.05) is 18.3 Å². The molecule has 0 bridgehead atoms. The van der Waals surface area contributed by atoms with Crippen LogP contribution >= 0.6 is 0 Å². The topological polar surface area (TPSA) is 94.6 Å². The van der Waals surface area contributed by atoms with E-state index >= 15 is 0 Å². The van der Waals surface area contributed by atoms with Gasteiger partial charge in [-0.05, 0) is 49.7 Å². The fraction of sp³-hybridized carbons (Fsp3) is 0.633. The van der Waals surface area contributed by atoms with Crippen LogP contribution in [0.4, 0.5) is 5.69 Å². The van der Waals surface area contributed by atoms with E-state index in [9.17, 15) is 9.90 Å². The second-order valence-corrected chi connectivity index (χ2v) is 12.0. The first-order valence-electron chi connectivity index (χ1n) is 14.4. The first kappa shape index (κ1) is 28.9. The summed E-state index contributed by atoms with van der Waals surface area (Å²) >= 11 is 0. The van der Waals surface area contributed by atoms with Gasteiger partial charge in [-0.1, -0.05) is 47.5 Å². The van der Waals surface area contributed by atoms with Crippen molar-refractivity contribution in [3.05, 3.63) is 34.9 Å². The number of unbranched alkanes of at least 4 members (excludes halogenated alkanes) is 2. The molecule has 214 valence electrons. The molecule has 4 heterocycles. The second kappa shape index (κ2) is 12.0. The van der Waals surface area contributed by atoms with Gasteiger partial charge in [0.05, 0.1) is 36.2 Å². The van der Waals surface area contributed by atoms with Crippen molar-refractivity contribution in [2.24, 2.45) is 12.5 Å². The van der Waals surface area contributed by atoms with Gasteiger partial charge in [0.15, 0.2) is 5.65 Å². The lowest BCUT2D eigenvalue weighted by Gasteiger charge is -2.42. The van der Waals surface area contributed by atoms with E-state index in [4.69, 9.17) is 14.5 Å². The van der Waals surface area contributed by atoms with Crippen LogP contribution in [0.1, 0.15) is 79.6 Å². The number of rotatable bonds is 11. The van der Waals surface area contributed by atoms with E-state index in [0.29, 0.717) is 49.1 Å². The van der Waals surface area contributed by atoms with E-state index in [1.54, 1.807) is 22.2 Å². The fourth-order valence-corrected chi connectivity index (χ4v) is 5.34. The molecule has 1 fully saturated rings. The van der Waals surface area contributed by atoms with E-state index in [0.717, 1.165) is 56.4 Å². The molecule has 9 heteroatoms. The maximum Gasteiger partial charge on any atom is 0.334 e. The van der Waals surface area contributed by atoms with Crippen molar-refractivity contribution in [1.29, 1.82) is 0 Å². The fourth-order valence-electron chi connectivity index (χ4n) is 5.34. The number of ether oxygens (including phenoxy) is 2. The van der Waals surface area contributed by atoms with Gasteiger partial charge in [0.25, 0.3) is 0 Å². The summed E-state index contributed by atoms with van der Waals surface area (Å²) in [6, 6.07) is 5.62. The highest BCUT2D eigenvalue weighted by atomic mass is 16.5. The quantitative estimate of drug-likeness (QED) is 0.333. The molecule has 0 radical (unpaired) electrons. The minimum atomic E-state index is -0.643. The minimum absolute atomic E-state index is 0.0758. The van der Waals surface area contributed by atoms with Crippen LogP contribution in [0.25, 0.3) is 16.9 Å². The van der Waals surface area contributed by atoms with Gasteiger partial charge in [0.1, 0.15) is 5.69 Å². The lowest BCUT2D eigenvalue weighted by Crippen LogP contribution is -2.46. The third-order valence-corrected chi connectivity index (χ3v) is 7.34. The number of anilines is 1. The Hall–Kier alpha value is -3.07.